The van der Waals surface area contributed by atoms with E-state index in [-0.39, 0.29) is 17.3 Å². The highest BCUT2D eigenvalue weighted by Crippen LogP contribution is 2.68. The van der Waals surface area contributed by atoms with E-state index in [2.05, 4.69) is 20.4 Å². The van der Waals surface area contributed by atoms with Crippen LogP contribution in [0.5, 0.6) is 0 Å². The standard InChI is InChI=1S/C15H24O2/c1-4-5-11-7-6-10(2)12-8-9-14(3)15(12,17-14)13(11)16/h4,10-13,16H,1,5-9H2,2-3H3/t10-,11+,12-,13+,14-,15-/m0/s1. The average Bonchev–Trinajstić information content (AvgIpc) is 2.83. The van der Waals surface area contributed by atoms with Crippen molar-refractivity contribution in [2.24, 2.45) is 17.8 Å². The van der Waals surface area contributed by atoms with Crippen molar-refractivity contribution in [2.45, 2.75) is 63.3 Å². The predicted octanol–water partition coefficient (Wildman–Crippen LogP) is 2.91. The zero-order chi connectivity index (χ0) is 12.3. The van der Waals surface area contributed by atoms with Crippen LogP contribution in [0.4, 0.5) is 0 Å². The molecule has 0 unspecified atom stereocenters. The Kier molecular flexibility index (Phi) is 2.47. The van der Waals surface area contributed by atoms with Crippen LogP contribution in [0.2, 0.25) is 0 Å². The van der Waals surface area contributed by atoms with Gasteiger partial charge in [-0.2, -0.15) is 0 Å². The van der Waals surface area contributed by atoms with Crippen LogP contribution in [0.3, 0.4) is 0 Å². The molecule has 0 radical (unpaired) electrons. The van der Waals surface area contributed by atoms with E-state index in [0.717, 1.165) is 19.3 Å². The Bertz CT molecular complexity index is 340. The van der Waals surface area contributed by atoms with E-state index in [1.165, 1.54) is 12.8 Å². The lowest BCUT2D eigenvalue weighted by molar-refractivity contribution is -0.000464. The van der Waals surface area contributed by atoms with Crippen LogP contribution in [0.15, 0.2) is 12.7 Å². The van der Waals surface area contributed by atoms with Crippen molar-refractivity contribution in [1.29, 1.82) is 0 Å². The van der Waals surface area contributed by atoms with E-state index < -0.39 is 0 Å². The molecular formula is C15H24O2. The Balaban J connectivity index is 1.93. The molecular weight excluding hydrogens is 212 g/mol. The summed E-state index contributed by atoms with van der Waals surface area (Å²) >= 11 is 0. The zero-order valence-corrected chi connectivity index (χ0v) is 11.0. The molecule has 1 N–H and O–H groups in total. The van der Waals surface area contributed by atoms with E-state index in [4.69, 9.17) is 4.74 Å². The van der Waals surface area contributed by atoms with Crippen LogP contribution in [0.1, 0.15) is 46.0 Å². The van der Waals surface area contributed by atoms with Gasteiger partial charge in [0.1, 0.15) is 5.60 Å². The van der Waals surface area contributed by atoms with Gasteiger partial charge in [-0.15, -0.1) is 6.58 Å². The minimum absolute atomic E-state index is 0.0326. The molecule has 2 saturated carbocycles. The summed E-state index contributed by atoms with van der Waals surface area (Å²) in [4.78, 5) is 0. The summed E-state index contributed by atoms with van der Waals surface area (Å²) in [6.07, 6.45) is 7.28. The Morgan fingerprint density at radius 2 is 2.18 bits per heavy atom. The fourth-order valence-electron chi connectivity index (χ4n) is 4.65. The number of aliphatic hydroxyl groups is 1. The van der Waals surface area contributed by atoms with Crippen LogP contribution < -0.4 is 0 Å². The Labute approximate surface area is 104 Å². The molecule has 1 heterocycles. The van der Waals surface area contributed by atoms with Crippen molar-refractivity contribution in [3.63, 3.8) is 0 Å². The first-order chi connectivity index (χ1) is 8.05. The third-order valence-electron chi connectivity index (χ3n) is 5.70. The first-order valence-electron chi connectivity index (χ1n) is 7.04. The van der Waals surface area contributed by atoms with E-state index in [1.54, 1.807) is 0 Å². The fraction of sp³-hybridized carbons (Fsp3) is 0.867. The highest BCUT2D eigenvalue weighted by Gasteiger charge is 2.78. The third-order valence-corrected chi connectivity index (χ3v) is 5.70. The molecule has 1 aliphatic heterocycles. The molecule has 2 heteroatoms. The largest absolute Gasteiger partial charge is 0.390 e. The summed E-state index contributed by atoms with van der Waals surface area (Å²) in [7, 11) is 0. The molecule has 17 heavy (non-hydrogen) atoms. The smallest absolute Gasteiger partial charge is 0.127 e. The highest BCUT2D eigenvalue weighted by atomic mass is 16.6. The second-order valence-corrected chi connectivity index (χ2v) is 6.56. The molecule has 0 aromatic carbocycles. The van der Waals surface area contributed by atoms with Crippen LogP contribution in [-0.4, -0.2) is 22.4 Å². The number of allylic oxidation sites excluding steroid dienone is 1. The number of epoxide rings is 1. The summed E-state index contributed by atoms with van der Waals surface area (Å²) in [6, 6.07) is 0. The van der Waals surface area contributed by atoms with Gasteiger partial charge in [0.2, 0.25) is 0 Å². The van der Waals surface area contributed by atoms with Crippen LogP contribution in [0, 0.1) is 17.8 Å². The van der Waals surface area contributed by atoms with Crippen LogP contribution in [0.25, 0.3) is 0 Å². The van der Waals surface area contributed by atoms with Crippen molar-refractivity contribution in [3.8, 4) is 0 Å². The molecule has 3 fully saturated rings. The molecule has 3 aliphatic rings. The fourth-order valence-corrected chi connectivity index (χ4v) is 4.65. The molecule has 6 atom stereocenters. The number of rotatable bonds is 2. The Morgan fingerprint density at radius 1 is 1.41 bits per heavy atom. The van der Waals surface area contributed by atoms with Gasteiger partial charge in [-0.05, 0) is 56.8 Å². The number of ether oxygens (including phenoxy) is 1. The van der Waals surface area contributed by atoms with Crippen molar-refractivity contribution < 1.29 is 9.84 Å². The monoisotopic (exact) mass is 236 g/mol. The van der Waals surface area contributed by atoms with Gasteiger partial charge in [0.05, 0.1) is 11.7 Å². The third kappa shape index (κ3) is 1.34. The minimum atomic E-state index is -0.289. The topological polar surface area (TPSA) is 32.8 Å². The maximum atomic E-state index is 10.8. The van der Waals surface area contributed by atoms with E-state index in [9.17, 15) is 5.11 Å². The molecule has 2 aliphatic carbocycles. The van der Waals surface area contributed by atoms with Gasteiger partial charge in [0.25, 0.3) is 0 Å². The van der Waals surface area contributed by atoms with Gasteiger partial charge in [-0.1, -0.05) is 13.0 Å². The summed E-state index contributed by atoms with van der Waals surface area (Å²) < 4.78 is 6.09. The van der Waals surface area contributed by atoms with Gasteiger partial charge in [-0.25, -0.2) is 0 Å². The predicted molar refractivity (Wildman–Crippen MR) is 67.7 cm³/mol. The molecule has 0 aromatic rings. The summed E-state index contributed by atoms with van der Waals surface area (Å²) in [5.74, 6) is 1.60. The van der Waals surface area contributed by atoms with Crippen molar-refractivity contribution in [2.75, 3.05) is 0 Å². The normalized spacial score (nSPS) is 56.9. The van der Waals surface area contributed by atoms with Crippen LogP contribution >= 0.6 is 0 Å². The lowest BCUT2D eigenvalue weighted by Crippen LogP contribution is -2.43. The van der Waals surface area contributed by atoms with Gasteiger partial charge in [0.15, 0.2) is 0 Å². The van der Waals surface area contributed by atoms with Crippen molar-refractivity contribution in [3.05, 3.63) is 12.7 Å². The molecule has 3 rings (SSSR count). The van der Waals surface area contributed by atoms with Gasteiger partial charge in [0, 0.05) is 0 Å². The highest BCUT2D eigenvalue weighted by molar-refractivity contribution is 5.26. The molecule has 96 valence electrons. The van der Waals surface area contributed by atoms with Crippen LogP contribution in [-0.2, 0) is 4.74 Å². The maximum absolute atomic E-state index is 10.8. The first-order valence-corrected chi connectivity index (χ1v) is 7.04. The van der Waals surface area contributed by atoms with Crippen molar-refractivity contribution >= 4 is 0 Å². The summed E-state index contributed by atoms with van der Waals surface area (Å²) in [5.41, 5.74) is -0.244. The molecule has 0 bridgehead atoms. The Hall–Kier alpha value is -0.340. The molecule has 1 spiro atoms. The van der Waals surface area contributed by atoms with E-state index >= 15 is 0 Å². The van der Waals surface area contributed by atoms with Crippen molar-refractivity contribution in [1.82, 2.24) is 0 Å². The van der Waals surface area contributed by atoms with Gasteiger partial charge in [-0.3, -0.25) is 0 Å². The SMILES string of the molecule is C=CC[C@@H]1CC[C@H](C)[C@@H]2CC[C@]3(C)O[C@]23[C@@H]1O. The molecule has 1 saturated heterocycles. The lowest BCUT2D eigenvalue weighted by Gasteiger charge is -2.29. The molecule has 0 aromatic heterocycles. The van der Waals surface area contributed by atoms with E-state index in [0.29, 0.717) is 17.8 Å². The maximum Gasteiger partial charge on any atom is 0.127 e. The first kappa shape index (κ1) is 11.7. The second kappa shape index (κ2) is 3.58. The summed E-state index contributed by atoms with van der Waals surface area (Å²) in [5, 5.41) is 10.8. The molecule has 2 nitrogen and oxygen atoms in total. The van der Waals surface area contributed by atoms with E-state index in [1.807, 2.05) is 6.08 Å². The Morgan fingerprint density at radius 3 is 2.82 bits per heavy atom. The number of aliphatic hydroxyl groups excluding tert-OH is 1. The average molecular weight is 236 g/mol. The van der Waals surface area contributed by atoms with Gasteiger partial charge < -0.3 is 9.84 Å². The second-order valence-electron chi connectivity index (χ2n) is 6.56. The zero-order valence-electron chi connectivity index (χ0n) is 11.0. The quantitative estimate of drug-likeness (QED) is 0.590. The number of hydrogen-bond donors (Lipinski definition) is 1. The minimum Gasteiger partial charge on any atom is -0.390 e. The summed E-state index contributed by atoms with van der Waals surface area (Å²) in [6.45, 7) is 8.36. The molecule has 0 amide bonds. The number of hydrogen-bond acceptors (Lipinski definition) is 2. The van der Waals surface area contributed by atoms with Gasteiger partial charge >= 0.3 is 0 Å². The lowest BCUT2D eigenvalue weighted by atomic mass is 9.77.